The molecule has 1 N–H and O–H groups in total. The van der Waals surface area contributed by atoms with Gasteiger partial charge in [-0.1, -0.05) is 18.2 Å². The molecule has 8 heteroatoms. The lowest BCUT2D eigenvalue weighted by atomic mass is 10.3. The number of piperazine rings is 1. The minimum absolute atomic E-state index is 0.0804. The van der Waals surface area contributed by atoms with Gasteiger partial charge in [-0.15, -0.1) is 0 Å². The van der Waals surface area contributed by atoms with Crippen LogP contribution in [0.1, 0.15) is 0 Å². The largest absolute Gasteiger partial charge is 0.376 e. The second kappa shape index (κ2) is 7.84. The fourth-order valence-corrected chi connectivity index (χ4v) is 4.22. The third-order valence-electron chi connectivity index (χ3n) is 4.26. The quantitative estimate of drug-likeness (QED) is 0.862. The normalized spacial score (nSPS) is 15.7. The maximum absolute atomic E-state index is 12.9. The van der Waals surface area contributed by atoms with Crippen LogP contribution in [0.3, 0.4) is 0 Å². The maximum Gasteiger partial charge on any atom is 0.243 e. The van der Waals surface area contributed by atoms with Gasteiger partial charge in [-0.2, -0.15) is 4.31 Å². The first kappa shape index (κ1) is 18.3. The summed E-state index contributed by atoms with van der Waals surface area (Å²) in [5, 5.41) is 2.95. The molecular formula is C18H20FN3O3S. The minimum atomic E-state index is -3.53. The molecule has 0 aliphatic carbocycles. The van der Waals surface area contributed by atoms with Crippen molar-refractivity contribution in [2.24, 2.45) is 0 Å². The first-order chi connectivity index (χ1) is 12.5. The number of carbonyl (C=O) groups excluding carboxylic acids is 1. The highest BCUT2D eigenvalue weighted by atomic mass is 32.2. The first-order valence-corrected chi connectivity index (χ1v) is 9.73. The molecule has 0 radical (unpaired) electrons. The number of hydrogen-bond donors (Lipinski definition) is 1. The second-order valence-corrected chi connectivity index (χ2v) is 7.90. The lowest BCUT2D eigenvalue weighted by Crippen LogP contribution is -2.51. The van der Waals surface area contributed by atoms with E-state index in [1.165, 1.54) is 16.4 Å². The molecule has 0 spiro atoms. The number of halogens is 1. The molecule has 3 rings (SSSR count). The van der Waals surface area contributed by atoms with E-state index in [-0.39, 0.29) is 36.3 Å². The van der Waals surface area contributed by atoms with Crippen LogP contribution in [0.5, 0.6) is 0 Å². The van der Waals surface area contributed by atoms with Gasteiger partial charge in [-0.25, -0.2) is 12.8 Å². The summed E-state index contributed by atoms with van der Waals surface area (Å²) in [6.45, 7) is 1.29. The SMILES string of the molecule is O=C(CNc1ccc(F)cc1)N1CCN(S(=O)(=O)c2ccccc2)CC1. The smallest absolute Gasteiger partial charge is 0.243 e. The maximum atomic E-state index is 12.9. The number of benzene rings is 2. The predicted molar refractivity (Wildman–Crippen MR) is 96.7 cm³/mol. The Morgan fingerprint density at radius 3 is 2.19 bits per heavy atom. The number of anilines is 1. The summed E-state index contributed by atoms with van der Waals surface area (Å²) >= 11 is 0. The Balaban J connectivity index is 1.53. The summed E-state index contributed by atoms with van der Waals surface area (Å²) in [5.41, 5.74) is 0.657. The molecule has 6 nitrogen and oxygen atoms in total. The van der Waals surface area contributed by atoms with Gasteiger partial charge in [0, 0.05) is 31.9 Å². The molecule has 0 bridgehead atoms. The van der Waals surface area contributed by atoms with Crippen LogP contribution in [0, 0.1) is 5.82 Å². The Hall–Kier alpha value is -2.45. The predicted octanol–water partition coefficient (Wildman–Crippen LogP) is 1.77. The molecule has 1 heterocycles. The molecule has 0 unspecified atom stereocenters. The van der Waals surface area contributed by atoms with Gasteiger partial charge in [0.1, 0.15) is 5.82 Å². The molecule has 1 amide bonds. The zero-order valence-electron chi connectivity index (χ0n) is 14.1. The third kappa shape index (κ3) is 4.20. The summed E-state index contributed by atoms with van der Waals surface area (Å²) < 4.78 is 39.4. The van der Waals surface area contributed by atoms with Crippen molar-refractivity contribution in [3.8, 4) is 0 Å². The number of rotatable bonds is 5. The molecule has 0 saturated carbocycles. The lowest BCUT2D eigenvalue weighted by molar-refractivity contribution is -0.130. The number of nitrogens with one attached hydrogen (secondary N) is 1. The van der Waals surface area contributed by atoms with Crippen molar-refractivity contribution < 1.29 is 17.6 Å². The molecule has 1 fully saturated rings. The summed E-state index contributed by atoms with van der Waals surface area (Å²) in [6, 6.07) is 14.0. The van der Waals surface area contributed by atoms with Crippen molar-refractivity contribution in [1.29, 1.82) is 0 Å². The fourth-order valence-electron chi connectivity index (χ4n) is 2.78. The van der Waals surface area contributed by atoms with Gasteiger partial charge in [0.2, 0.25) is 15.9 Å². The number of nitrogens with zero attached hydrogens (tertiary/aromatic N) is 2. The van der Waals surface area contributed by atoms with Crippen molar-refractivity contribution in [3.63, 3.8) is 0 Å². The second-order valence-electron chi connectivity index (χ2n) is 5.96. The van der Waals surface area contributed by atoms with Gasteiger partial charge >= 0.3 is 0 Å². The van der Waals surface area contributed by atoms with Crippen LogP contribution < -0.4 is 5.32 Å². The summed E-state index contributed by atoms with van der Waals surface area (Å²) in [4.78, 5) is 14.2. The Morgan fingerprint density at radius 2 is 1.58 bits per heavy atom. The lowest BCUT2D eigenvalue weighted by Gasteiger charge is -2.34. The molecule has 2 aromatic rings. The van der Waals surface area contributed by atoms with E-state index in [0.717, 1.165) is 0 Å². The Morgan fingerprint density at radius 1 is 0.962 bits per heavy atom. The van der Waals surface area contributed by atoms with Crippen molar-refractivity contribution in [2.45, 2.75) is 4.90 Å². The van der Waals surface area contributed by atoms with Crippen molar-refractivity contribution in [1.82, 2.24) is 9.21 Å². The summed E-state index contributed by atoms with van der Waals surface area (Å²) in [7, 11) is -3.53. The van der Waals surface area contributed by atoms with E-state index in [0.29, 0.717) is 18.8 Å². The van der Waals surface area contributed by atoms with Crippen LogP contribution in [0.15, 0.2) is 59.5 Å². The van der Waals surface area contributed by atoms with Crippen molar-refractivity contribution in [2.75, 3.05) is 38.0 Å². The first-order valence-electron chi connectivity index (χ1n) is 8.29. The number of hydrogen-bond acceptors (Lipinski definition) is 4. The van der Waals surface area contributed by atoms with Crippen LogP contribution in [0.4, 0.5) is 10.1 Å². The highest BCUT2D eigenvalue weighted by Crippen LogP contribution is 2.17. The standard InChI is InChI=1S/C18H20FN3O3S/c19-15-6-8-16(9-7-15)20-14-18(23)21-10-12-22(13-11-21)26(24,25)17-4-2-1-3-5-17/h1-9,20H,10-14H2. The van der Waals surface area contributed by atoms with Gasteiger partial charge in [0.05, 0.1) is 11.4 Å². The molecule has 0 aromatic heterocycles. The fraction of sp³-hybridized carbons (Fsp3) is 0.278. The average Bonchev–Trinajstić information content (AvgIpc) is 2.68. The van der Waals surface area contributed by atoms with E-state index < -0.39 is 10.0 Å². The van der Waals surface area contributed by atoms with Gasteiger partial charge in [-0.05, 0) is 36.4 Å². The van der Waals surface area contributed by atoms with Crippen molar-refractivity contribution in [3.05, 3.63) is 60.4 Å². The van der Waals surface area contributed by atoms with E-state index >= 15 is 0 Å². The van der Waals surface area contributed by atoms with Gasteiger partial charge in [0.15, 0.2) is 0 Å². The van der Waals surface area contributed by atoms with Gasteiger partial charge < -0.3 is 10.2 Å². The third-order valence-corrected chi connectivity index (χ3v) is 6.17. The molecule has 1 aliphatic rings. The highest BCUT2D eigenvalue weighted by Gasteiger charge is 2.29. The molecule has 1 saturated heterocycles. The Labute approximate surface area is 152 Å². The summed E-state index contributed by atoms with van der Waals surface area (Å²) in [6.07, 6.45) is 0. The average molecular weight is 377 g/mol. The number of amides is 1. The van der Waals surface area contributed by atoms with Gasteiger partial charge in [-0.3, -0.25) is 4.79 Å². The zero-order chi connectivity index (χ0) is 18.6. The monoisotopic (exact) mass is 377 g/mol. The molecule has 0 atom stereocenters. The number of sulfonamides is 1. The van der Waals surface area contributed by atoms with Crippen molar-refractivity contribution >= 4 is 21.6 Å². The molecule has 2 aromatic carbocycles. The van der Waals surface area contributed by atoms with Crippen LogP contribution in [0.25, 0.3) is 0 Å². The molecule has 26 heavy (non-hydrogen) atoms. The Kier molecular flexibility index (Phi) is 5.53. The van der Waals surface area contributed by atoms with E-state index in [1.807, 2.05) is 0 Å². The van der Waals surface area contributed by atoms with Gasteiger partial charge in [0.25, 0.3) is 0 Å². The van der Waals surface area contributed by atoms with Crippen LogP contribution >= 0.6 is 0 Å². The molecule has 1 aliphatic heterocycles. The molecule has 138 valence electrons. The molecular weight excluding hydrogens is 357 g/mol. The van der Waals surface area contributed by atoms with E-state index in [9.17, 15) is 17.6 Å². The number of carbonyl (C=O) groups is 1. The van der Waals surface area contributed by atoms with E-state index in [4.69, 9.17) is 0 Å². The summed E-state index contributed by atoms with van der Waals surface area (Å²) in [5.74, 6) is -0.455. The van der Waals surface area contributed by atoms with Crippen LogP contribution in [-0.4, -0.2) is 56.3 Å². The Bertz CT molecular complexity index is 849. The highest BCUT2D eigenvalue weighted by molar-refractivity contribution is 7.89. The van der Waals surface area contributed by atoms with Crippen LogP contribution in [0.2, 0.25) is 0 Å². The van der Waals surface area contributed by atoms with Crippen LogP contribution in [-0.2, 0) is 14.8 Å². The topological polar surface area (TPSA) is 69.7 Å². The zero-order valence-corrected chi connectivity index (χ0v) is 15.0. The van der Waals surface area contributed by atoms with E-state index in [1.54, 1.807) is 47.4 Å². The minimum Gasteiger partial charge on any atom is -0.376 e. The van der Waals surface area contributed by atoms with E-state index in [2.05, 4.69) is 5.32 Å².